The molecule has 0 bridgehead atoms. The number of amides is 1. The third-order valence-electron chi connectivity index (χ3n) is 4.41. The molecule has 2 fully saturated rings. The van der Waals surface area contributed by atoms with E-state index in [1.54, 1.807) is 24.3 Å². The molecule has 0 aromatic heterocycles. The minimum Gasteiger partial charge on any atom is -0.454 e. The largest absolute Gasteiger partial charge is 0.454 e. The minimum atomic E-state index is -3.15. The summed E-state index contributed by atoms with van der Waals surface area (Å²) in [4.78, 5) is 26.0. The summed E-state index contributed by atoms with van der Waals surface area (Å²) in [6.07, 6.45) is 1.16. The Labute approximate surface area is 146 Å². The van der Waals surface area contributed by atoms with Crippen molar-refractivity contribution < 1.29 is 27.5 Å². The number of hydrogen-bond donors (Lipinski definition) is 0. The van der Waals surface area contributed by atoms with Crippen molar-refractivity contribution in [2.45, 2.75) is 31.4 Å². The van der Waals surface area contributed by atoms with Gasteiger partial charge in [0.15, 0.2) is 22.5 Å². The molecule has 3 rings (SSSR count). The van der Waals surface area contributed by atoms with Crippen molar-refractivity contribution in [3.05, 3.63) is 30.3 Å². The summed E-state index contributed by atoms with van der Waals surface area (Å²) in [5.74, 6) is -0.991. The van der Waals surface area contributed by atoms with Crippen molar-refractivity contribution >= 4 is 27.4 Å². The number of benzene rings is 1. The van der Waals surface area contributed by atoms with Gasteiger partial charge in [0.1, 0.15) is 0 Å². The van der Waals surface area contributed by atoms with Gasteiger partial charge < -0.3 is 14.4 Å². The standard InChI is InChI=1S/C17H21NO6S/c19-16(11-24-17(20)15-7-4-9-23-15)18(13-5-2-1-3-6-13)14-8-10-25(21,22)12-14/h1-3,5-6,14-15H,4,7-12H2/t14-,15+/m1/s1. The predicted octanol–water partition coefficient (Wildman–Crippen LogP) is 0.929. The second-order valence-corrected chi connectivity index (χ2v) is 8.49. The number of rotatable bonds is 5. The zero-order chi connectivity index (χ0) is 17.9. The second kappa shape index (κ2) is 7.53. The first-order valence-electron chi connectivity index (χ1n) is 8.32. The Morgan fingerprint density at radius 1 is 1.20 bits per heavy atom. The smallest absolute Gasteiger partial charge is 0.335 e. The maximum absolute atomic E-state index is 12.7. The lowest BCUT2D eigenvalue weighted by Gasteiger charge is -2.28. The molecule has 0 unspecified atom stereocenters. The Morgan fingerprint density at radius 2 is 1.96 bits per heavy atom. The number of anilines is 1. The SMILES string of the molecule is O=C(OCC(=O)N(c1ccccc1)[C@@H]1CCS(=O)(=O)C1)[C@@H]1CCCO1. The van der Waals surface area contributed by atoms with E-state index in [9.17, 15) is 18.0 Å². The van der Waals surface area contributed by atoms with Crippen LogP contribution in [0.25, 0.3) is 0 Å². The minimum absolute atomic E-state index is 0.0595. The van der Waals surface area contributed by atoms with E-state index in [1.807, 2.05) is 6.07 Å². The first-order valence-corrected chi connectivity index (χ1v) is 10.1. The summed E-state index contributed by atoms with van der Waals surface area (Å²) in [6, 6.07) is 8.40. The van der Waals surface area contributed by atoms with Crippen LogP contribution in [0, 0.1) is 0 Å². The molecule has 2 heterocycles. The second-order valence-electron chi connectivity index (χ2n) is 6.27. The molecule has 2 aliphatic rings. The van der Waals surface area contributed by atoms with E-state index in [0.717, 1.165) is 6.42 Å². The van der Waals surface area contributed by atoms with Crippen LogP contribution in [0.1, 0.15) is 19.3 Å². The monoisotopic (exact) mass is 367 g/mol. The van der Waals surface area contributed by atoms with Gasteiger partial charge in [0, 0.05) is 12.3 Å². The average molecular weight is 367 g/mol. The number of esters is 1. The molecule has 1 amide bonds. The zero-order valence-corrected chi connectivity index (χ0v) is 14.6. The number of ether oxygens (including phenoxy) is 2. The number of carbonyl (C=O) groups is 2. The fourth-order valence-corrected chi connectivity index (χ4v) is 4.88. The van der Waals surface area contributed by atoms with Gasteiger partial charge in [-0.15, -0.1) is 0 Å². The van der Waals surface area contributed by atoms with Gasteiger partial charge >= 0.3 is 5.97 Å². The number of sulfone groups is 1. The van der Waals surface area contributed by atoms with Gasteiger partial charge in [-0.1, -0.05) is 18.2 Å². The van der Waals surface area contributed by atoms with Gasteiger partial charge in [-0.3, -0.25) is 4.79 Å². The molecule has 136 valence electrons. The number of nitrogens with zero attached hydrogens (tertiary/aromatic N) is 1. The summed E-state index contributed by atoms with van der Waals surface area (Å²) in [5.41, 5.74) is 0.600. The first-order chi connectivity index (χ1) is 12.0. The quantitative estimate of drug-likeness (QED) is 0.719. The van der Waals surface area contributed by atoms with E-state index in [-0.39, 0.29) is 11.5 Å². The van der Waals surface area contributed by atoms with Gasteiger partial charge in [-0.05, 0) is 31.4 Å². The van der Waals surface area contributed by atoms with Crippen LogP contribution in [0.15, 0.2) is 30.3 Å². The maximum Gasteiger partial charge on any atom is 0.335 e. The van der Waals surface area contributed by atoms with Crippen molar-refractivity contribution in [2.75, 3.05) is 29.6 Å². The Kier molecular flexibility index (Phi) is 5.39. The Bertz CT molecular complexity index is 727. The van der Waals surface area contributed by atoms with E-state index in [1.165, 1.54) is 4.90 Å². The Hall–Kier alpha value is -1.93. The van der Waals surface area contributed by atoms with Gasteiger partial charge in [0.2, 0.25) is 0 Å². The van der Waals surface area contributed by atoms with Crippen LogP contribution in [-0.2, 0) is 28.9 Å². The molecule has 0 spiro atoms. The molecule has 0 radical (unpaired) electrons. The van der Waals surface area contributed by atoms with E-state index in [0.29, 0.717) is 25.1 Å². The number of carbonyl (C=O) groups excluding carboxylic acids is 2. The van der Waals surface area contributed by atoms with Gasteiger partial charge in [-0.25, -0.2) is 13.2 Å². The molecule has 0 aliphatic carbocycles. The number of hydrogen-bond acceptors (Lipinski definition) is 6. The van der Waals surface area contributed by atoms with Crippen LogP contribution in [0.4, 0.5) is 5.69 Å². The molecule has 2 saturated heterocycles. The Morgan fingerprint density at radius 3 is 2.56 bits per heavy atom. The van der Waals surface area contributed by atoms with Gasteiger partial charge in [-0.2, -0.15) is 0 Å². The molecule has 2 aliphatic heterocycles. The summed E-state index contributed by atoms with van der Waals surface area (Å²) >= 11 is 0. The highest BCUT2D eigenvalue weighted by Crippen LogP contribution is 2.24. The predicted molar refractivity (Wildman–Crippen MR) is 90.9 cm³/mol. The normalized spacial score (nSPS) is 24.8. The highest BCUT2D eigenvalue weighted by Gasteiger charge is 2.36. The summed E-state index contributed by atoms with van der Waals surface area (Å²) in [6.45, 7) is 0.0912. The lowest BCUT2D eigenvalue weighted by atomic mass is 10.2. The zero-order valence-electron chi connectivity index (χ0n) is 13.8. The summed E-state index contributed by atoms with van der Waals surface area (Å²) in [5, 5.41) is 0. The van der Waals surface area contributed by atoms with Crippen LogP contribution in [0.2, 0.25) is 0 Å². The molecule has 1 aromatic rings. The van der Waals surface area contributed by atoms with Gasteiger partial charge in [0.05, 0.1) is 17.5 Å². The van der Waals surface area contributed by atoms with Crippen LogP contribution in [0.5, 0.6) is 0 Å². The topological polar surface area (TPSA) is 90.0 Å². The van der Waals surface area contributed by atoms with E-state index < -0.39 is 40.5 Å². The van der Waals surface area contributed by atoms with Crippen LogP contribution < -0.4 is 4.90 Å². The van der Waals surface area contributed by atoms with Crippen molar-refractivity contribution in [3.8, 4) is 0 Å². The van der Waals surface area contributed by atoms with Crippen LogP contribution >= 0.6 is 0 Å². The van der Waals surface area contributed by atoms with Gasteiger partial charge in [0.25, 0.3) is 5.91 Å². The van der Waals surface area contributed by atoms with E-state index in [4.69, 9.17) is 9.47 Å². The molecule has 0 N–H and O–H groups in total. The molecule has 7 nitrogen and oxygen atoms in total. The van der Waals surface area contributed by atoms with Crippen LogP contribution in [0.3, 0.4) is 0 Å². The third kappa shape index (κ3) is 4.38. The first kappa shape index (κ1) is 17.9. The van der Waals surface area contributed by atoms with E-state index in [2.05, 4.69) is 0 Å². The molecule has 25 heavy (non-hydrogen) atoms. The van der Waals surface area contributed by atoms with E-state index >= 15 is 0 Å². The lowest BCUT2D eigenvalue weighted by Crippen LogP contribution is -2.44. The summed E-state index contributed by atoms with van der Waals surface area (Å²) in [7, 11) is -3.15. The molecule has 1 aromatic carbocycles. The Balaban J connectivity index is 1.70. The van der Waals surface area contributed by atoms with Crippen molar-refractivity contribution in [1.82, 2.24) is 0 Å². The molecular formula is C17H21NO6S. The lowest BCUT2D eigenvalue weighted by molar-refractivity contribution is -0.157. The fourth-order valence-electron chi connectivity index (χ4n) is 3.18. The molecule has 0 saturated carbocycles. The fraction of sp³-hybridized carbons (Fsp3) is 0.529. The molecule has 2 atom stereocenters. The summed E-state index contributed by atoms with van der Waals surface area (Å²) < 4.78 is 33.9. The molecule has 8 heteroatoms. The van der Waals surface area contributed by atoms with Crippen molar-refractivity contribution in [3.63, 3.8) is 0 Å². The average Bonchev–Trinajstić information content (AvgIpc) is 3.24. The van der Waals surface area contributed by atoms with Crippen molar-refractivity contribution in [1.29, 1.82) is 0 Å². The highest BCUT2D eigenvalue weighted by atomic mass is 32.2. The molecular weight excluding hydrogens is 346 g/mol. The highest BCUT2D eigenvalue weighted by molar-refractivity contribution is 7.91. The van der Waals surface area contributed by atoms with Crippen LogP contribution in [-0.4, -0.2) is 57.2 Å². The third-order valence-corrected chi connectivity index (χ3v) is 6.16. The van der Waals surface area contributed by atoms with Crippen molar-refractivity contribution in [2.24, 2.45) is 0 Å². The number of para-hydroxylation sites is 1. The maximum atomic E-state index is 12.7.